The van der Waals surface area contributed by atoms with Crippen LogP contribution in [-0.4, -0.2) is 29.4 Å². The number of nitrogens with two attached hydrogens (primary N) is 2. The highest BCUT2D eigenvalue weighted by atomic mass is 28.3. The summed E-state index contributed by atoms with van der Waals surface area (Å²) in [5.74, 6) is -0.0523. The Hall–Kier alpha value is -2.07. The van der Waals surface area contributed by atoms with Crippen LogP contribution < -0.4 is 11.5 Å². The van der Waals surface area contributed by atoms with Crippen LogP contribution in [-0.2, 0) is 17.6 Å². The molecule has 2 aromatic rings. The van der Waals surface area contributed by atoms with Crippen molar-refractivity contribution in [2.24, 2.45) is 0 Å². The van der Waals surface area contributed by atoms with Gasteiger partial charge in [0.1, 0.15) is 12.5 Å². The minimum atomic E-state index is -4.52. The number of aromatic nitrogens is 3. The van der Waals surface area contributed by atoms with E-state index in [1.807, 2.05) is 0 Å². The molecule has 10 heteroatoms. The van der Waals surface area contributed by atoms with Crippen LogP contribution in [0.1, 0.15) is 5.56 Å². The molecule has 0 fully saturated rings. The van der Waals surface area contributed by atoms with Gasteiger partial charge in [0, 0.05) is 26.4 Å². The number of hydrogen-bond acceptors (Lipinski definition) is 5. The van der Waals surface area contributed by atoms with E-state index < -0.39 is 19.8 Å². The molecule has 0 saturated carbocycles. The Kier molecular flexibility index (Phi) is 5.42. The molecule has 138 valence electrons. The zero-order chi connectivity index (χ0) is 18.8. The normalized spacial score (nSPS) is 12.6. The molecule has 0 aliphatic heterocycles. The molecule has 2 heterocycles. The van der Waals surface area contributed by atoms with Crippen LogP contribution in [0.15, 0.2) is 18.5 Å². The van der Waals surface area contributed by atoms with E-state index in [1.165, 1.54) is 10.9 Å². The highest BCUT2D eigenvalue weighted by molar-refractivity contribution is 6.76. The fraction of sp³-hybridized carbons (Fsp3) is 0.467. The van der Waals surface area contributed by atoms with E-state index in [9.17, 15) is 13.2 Å². The lowest BCUT2D eigenvalue weighted by atomic mass is 10.1. The number of pyridine rings is 1. The lowest BCUT2D eigenvalue weighted by Gasteiger charge is -2.16. The van der Waals surface area contributed by atoms with Gasteiger partial charge in [-0.05, 0) is 12.1 Å². The van der Waals surface area contributed by atoms with E-state index in [2.05, 4.69) is 29.7 Å². The first-order chi connectivity index (χ1) is 11.5. The zero-order valence-corrected chi connectivity index (χ0v) is 15.4. The summed E-state index contributed by atoms with van der Waals surface area (Å²) in [6, 6.07) is 1.89. The Labute approximate surface area is 145 Å². The third-order valence-electron chi connectivity index (χ3n) is 3.58. The van der Waals surface area contributed by atoms with Crippen molar-refractivity contribution >= 4 is 19.6 Å². The second-order valence-electron chi connectivity index (χ2n) is 6.95. The molecule has 0 aliphatic carbocycles. The van der Waals surface area contributed by atoms with Gasteiger partial charge in [0.05, 0.1) is 23.1 Å². The standard InChI is InChI=1S/C15H22F3N5OSi/c1-25(2,3)5-4-24-9-23-13(12(19)8-22-23)11-6-10(15(16,17)18)7-21-14(11)20/h6-8H,4-5,9,19H2,1-3H3,(H2,20,21). The maximum atomic E-state index is 12.9. The summed E-state index contributed by atoms with van der Waals surface area (Å²) < 4.78 is 45.8. The Morgan fingerprint density at radius 2 is 1.88 bits per heavy atom. The minimum Gasteiger partial charge on any atom is -0.396 e. The zero-order valence-electron chi connectivity index (χ0n) is 14.4. The van der Waals surface area contributed by atoms with Crippen LogP contribution in [0, 0.1) is 0 Å². The molecule has 6 nitrogen and oxygen atoms in total. The van der Waals surface area contributed by atoms with Gasteiger partial charge in [-0.3, -0.25) is 0 Å². The van der Waals surface area contributed by atoms with Crippen molar-refractivity contribution in [1.82, 2.24) is 14.8 Å². The average molecular weight is 373 g/mol. The van der Waals surface area contributed by atoms with Gasteiger partial charge in [-0.15, -0.1) is 0 Å². The van der Waals surface area contributed by atoms with Crippen molar-refractivity contribution in [3.63, 3.8) is 0 Å². The van der Waals surface area contributed by atoms with Crippen LogP contribution in [0.5, 0.6) is 0 Å². The van der Waals surface area contributed by atoms with Crippen molar-refractivity contribution in [2.45, 2.75) is 38.6 Å². The number of halogens is 3. The van der Waals surface area contributed by atoms with Crippen molar-refractivity contribution in [2.75, 3.05) is 18.1 Å². The summed E-state index contributed by atoms with van der Waals surface area (Å²) in [6.07, 6.45) is -2.47. The largest absolute Gasteiger partial charge is 0.417 e. The average Bonchev–Trinajstić information content (AvgIpc) is 2.83. The van der Waals surface area contributed by atoms with E-state index in [-0.39, 0.29) is 29.5 Å². The Morgan fingerprint density at radius 3 is 2.48 bits per heavy atom. The predicted octanol–water partition coefficient (Wildman–Crippen LogP) is 3.44. The summed E-state index contributed by atoms with van der Waals surface area (Å²) in [4.78, 5) is 3.64. The fourth-order valence-electron chi connectivity index (χ4n) is 2.14. The third kappa shape index (κ3) is 4.95. The van der Waals surface area contributed by atoms with Crippen LogP contribution in [0.3, 0.4) is 0 Å². The summed E-state index contributed by atoms with van der Waals surface area (Å²) in [5.41, 5.74) is 11.3. The second kappa shape index (κ2) is 7.04. The Balaban J connectivity index is 2.27. The molecule has 4 N–H and O–H groups in total. The molecular formula is C15H22F3N5OSi. The van der Waals surface area contributed by atoms with E-state index in [0.29, 0.717) is 12.8 Å². The molecule has 0 aliphatic rings. The summed E-state index contributed by atoms with van der Waals surface area (Å²) in [5, 5.41) is 4.07. The Bertz CT molecular complexity index is 740. The first-order valence-electron chi connectivity index (χ1n) is 7.71. The van der Waals surface area contributed by atoms with Gasteiger partial charge in [-0.2, -0.15) is 18.3 Å². The number of anilines is 2. The SMILES string of the molecule is C[Si](C)(C)CCOCn1ncc(N)c1-c1cc(C(F)(F)F)cnc1N. The first-order valence-corrected chi connectivity index (χ1v) is 11.4. The van der Waals surface area contributed by atoms with Gasteiger partial charge >= 0.3 is 6.18 Å². The van der Waals surface area contributed by atoms with Crippen molar-refractivity contribution in [3.05, 3.63) is 24.0 Å². The van der Waals surface area contributed by atoms with E-state index in [0.717, 1.165) is 12.1 Å². The summed E-state index contributed by atoms with van der Waals surface area (Å²) >= 11 is 0. The van der Waals surface area contributed by atoms with Gasteiger partial charge in [0.15, 0.2) is 0 Å². The maximum absolute atomic E-state index is 12.9. The molecule has 0 unspecified atom stereocenters. The quantitative estimate of drug-likeness (QED) is 0.598. The number of hydrogen-bond donors (Lipinski definition) is 2. The minimum absolute atomic E-state index is 0.0523. The van der Waals surface area contributed by atoms with Gasteiger partial charge < -0.3 is 16.2 Å². The van der Waals surface area contributed by atoms with Crippen molar-refractivity contribution in [3.8, 4) is 11.3 Å². The topological polar surface area (TPSA) is 92.0 Å². The molecule has 0 amide bonds. The highest BCUT2D eigenvalue weighted by Gasteiger charge is 2.32. The molecule has 2 aromatic heterocycles. The van der Waals surface area contributed by atoms with E-state index in [1.54, 1.807) is 0 Å². The lowest BCUT2D eigenvalue weighted by Crippen LogP contribution is -2.22. The predicted molar refractivity (Wildman–Crippen MR) is 93.4 cm³/mol. The van der Waals surface area contributed by atoms with E-state index in [4.69, 9.17) is 16.2 Å². The Morgan fingerprint density at radius 1 is 1.20 bits per heavy atom. The van der Waals surface area contributed by atoms with Crippen LogP contribution in [0.4, 0.5) is 24.7 Å². The molecule has 0 saturated heterocycles. The van der Waals surface area contributed by atoms with Crippen LogP contribution >= 0.6 is 0 Å². The lowest BCUT2D eigenvalue weighted by molar-refractivity contribution is -0.137. The monoisotopic (exact) mass is 373 g/mol. The second-order valence-corrected chi connectivity index (χ2v) is 12.6. The van der Waals surface area contributed by atoms with Crippen molar-refractivity contribution in [1.29, 1.82) is 0 Å². The molecule has 25 heavy (non-hydrogen) atoms. The smallest absolute Gasteiger partial charge is 0.396 e. The van der Waals surface area contributed by atoms with Gasteiger partial charge in [-0.25, -0.2) is 9.67 Å². The van der Waals surface area contributed by atoms with Crippen molar-refractivity contribution < 1.29 is 17.9 Å². The molecule has 0 aromatic carbocycles. The van der Waals surface area contributed by atoms with Gasteiger partial charge in [0.25, 0.3) is 0 Å². The number of alkyl halides is 3. The molecule has 0 radical (unpaired) electrons. The number of rotatable bonds is 6. The van der Waals surface area contributed by atoms with E-state index >= 15 is 0 Å². The highest BCUT2D eigenvalue weighted by Crippen LogP contribution is 2.35. The summed E-state index contributed by atoms with van der Waals surface area (Å²) in [7, 11) is -1.24. The number of ether oxygens (including phenoxy) is 1. The maximum Gasteiger partial charge on any atom is 0.417 e. The number of nitrogens with zero attached hydrogens (tertiary/aromatic N) is 3. The number of nitrogen functional groups attached to an aromatic ring is 2. The molecule has 0 bridgehead atoms. The fourth-order valence-corrected chi connectivity index (χ4v) is 2.90. The van der Waals surface area contributed by atoms with Crippen LogP contribution in [0.25, 0.3) is 11.3 Å². The molecule has 2 rings (SSSR count). The van der Waals surface area contributed by atoms with Gasteiger partial charge in [0.2, 0.25) is 0 Å². The molecule has 0 spiro atoms. The molecular weight excluding hydrogens is 351 g/mol. The first kappa shape index (κ1) is 19.3. The third-order valence-corrected chi connectivity index (χ3v) is 5.28. The van der Waals surface area contributed by atoms with Crippen LogP contribution in [0.2, 0.25) is 25.7 Å². The van der Waals surface area contributed by atoms with Gasteiger partial charge in [-0.1, -0.05) is 19.6 Å². The summed E-state index contributed by atoms with van der Waals surface area (Å²) in [6.45, 7) is 7.30. The molecule has 0 atom stereocenters.